The minimum absolute atomic E-state index is 0.00257. The molecule has 0 spiro atoms. The Balaban J connectivity index is 2.44. The van der Waals surface area contributed by atoms with E-state index in [0.29, 0.717) is 30.5 Å². The number of nitrogens with two attached hydrogens (primary N) is 4. The number of imidazole rings is 1. The fourth-order valence-corrected chi connectivity index (χ4v) is 7.06. The van der Waals surface area contributed by atoms with E-state index in [2.05, 4.69) is 52.2 Å². The van der Waals surface area contributed by atoms with Gasteiger partial charge in [-0.2, -0.15) is 0 Å². The molecule has 72 heavy (non-hydrogen) atoms. The van der Waals surface area contributed by atoms with Gasteiger partial charge >= 0.3 is 11.9 Å². The van der Waals surface area contributed by atoms with Gasteiger partial charge in [0.15, 0.2) is 5.96 Å². The van der Waals surface area contributed by atoms with E-state index in [1.54, 1.807) is 6.92 Å². The third kappa shape index (κ3) is 22.2. The number of amides is 7. The fourth-order valence-electron chi connectivity index (χ4n) is 7.06. The molecule has 0 unspecified atom stereocenters. The SMILES string of the molecule is CC[C@H](C)[C@@H](N)C(=O)N[C@H](CC(C)C)C(=O)N[C@@H](C)C(=O)N[C@H](Cc1cnc[nH]1)C(=O)N[C@H](CCCN=C(N)N)C(=O)N[C@H](CC(=O)O)C(=O)N[C@@H](Cc1ccc(O)cc1)C(=O)N[C@H](CCCCN)C(=O)O. The summed E-state index contributed by atoms with van der Waals surface area (Å²) in [5, 5.41) is 47.1. The summed E-state index contributed by atoms with van der Waals surface area (Å²) in [7, 11) is 0. The largest absolute Gasteiger partial charge is 0.508 e. The minimum atomic E-state index is -1.89. The number of carboxylic acid groups (broad SMARTS) is 2. The van der Waals surface area contributed by atoms with Crippen molar-refractivity contribution in [2.24, 2.45) is 39.8 Å². The zero-order valence-electron chi connectivity index (χ0n) is 41.4. The molecule has 7 amide bonds. The highest BCUT2D eigenvalue weighted by Crippen LogP contribution is 2.14. The van der Waals surface area contributed by atoms with Gasteiger partial charge in [-0.3, -0.25) is 43.3 Å². The van der Waals surface area contributed by atoms with E-state index in [-0.39, 0.29) is 75.2 Å². The molecule has 0 radical (unpaired) electrons. The Morgan fingerprint density at radius 2 is 1.19 bits per heavy atom. The van der Waals surface area contributed by atoms with Crippen molar-refractivity contribution < 1.29 is 58.5 Å². The van der Waals surface area contributed by atoms with Crippen molar-refractivity contribution in [2.45, 2.75) is 147 Å². The van der Waals surface area contributed by atoms with Crippen molar-refractivity contribution in [3.8, 4) is 5.75 Å². The van der Waals surface area contributed by atoms with Crippen LogP contribution in [0.15, 0.2) is 41.8 Å². The highest BCUT2D eigenvalue weighted by Gasteiger charge is 2.35. The van der Waals surface area contributed by atoms with Crippen LogP contribution in [0.3, 0.4) is 0 Å². The van der Waals surface area contributed by atoms with E-state index in [9.17, 15) is 58.5 Å². The zero-order valence-corrected chi connectivity index (χ0v) is 41.4. The lowest BCUT2D eigenvalue weighted by atomic mass is 9.97. The highest BCUT2D eigenvalue weighted by molar-refractivity contribution is 5.98. The number of carbonyl (C=O) groups is 9. The second-order valence-electron chi connectivity index (χ2n) is 18.0. The summed E-state index contributed by atoms with van der Waals surface area (Å²) in [4.78, 5) is 131. The molecule has 2 rings (SSSR count). The number of carboxylic acids is 2. The Morgan fingerprint density at radius 3 is 1.75 bits per heavy atom. The molecule has 0 saturated carbocycles. The van der Waals surface area contributed by atoms with Gasteiger partial charge in [-0.05, 0) is 81.5 Å². The first-order chi connectivity index (χ1) is 33.9. The maximum Gasteiger partial charge on any atom is 0.326 e. The average molecular weight is 1020 g/mol. The Kier molecular flexibility index (Phi) is 26.2. The lowest BCUT2D eigenvalue weighted by Gasteiger charge is -2.27. The lowest BCUT2D eigenvalue weighted by Crippen LogP contribution is -2.60. The molecule has 400 valence electrons. The van der Waals surface area contributed by atoms with E-state index in [0.717, 1.165) is 0 Å². The Bertz CT molecular complexity index is 2140. The molecule has 0 fully saturated rings. The molecular formula is C46H74N14O12. The van der Waals surface area contributed by atoms with Crippen molar-refractivity contribution in [1.82, 2.24) is 47.2 Å². The highest BCUT2D eigenvalue weighted by atomic mass is 16.4. The van der Waals surface area contributed by atoms with Gasteiger partial charge < -0.3 is 80.5 Å². The van der Waals surface area contributed by atoms with Gasteiger partial charge in [0.05, 0.1) is 18.8 Å². The first-order valence-corrected chi connectivity index (χ1v) is 23.8. The Hall–Kier alpha value is -7.35. The normalized spacial score (nSPS) is 14.8. The van der Waals surface area contributed by atoms with Crippen molar-refractivity contribution in [3.63, 3.8) is 0 Å². The first kappa shape index (κ1) is 60.8. The Labute approximate surface area is 417 Å². The number of H-pyrrole nitrogens is 1. The third-order valence-corrected chi connectivity index (χ3v) is 11.4. The monoisotopic (exact) mass is 1010 g/mol. The molecule has 1 aromatic carbocycles. The van der Waals surface area contributed by atoms with Gasteiger partial charge in [-0.1, -0.05) is 46.2 Å². The molecule has 19 N–H and O–H groups in total. The number of aromatic amines is 1. The van der Waals surface area contributed by atoms with Crippen LogP contribution in [0.2, 0.25) is 0 Å². The van der Waals surface area contributed by atoms with Crippen LogP contribution in [0.4, 0.5) is 0 Å². The van der Waals surface area contributed by atoms with E-state index >= 15 is 0 Å². The average Bonchev–Trinajstić information content (AvgIpc) is 3.84. The number of hydrogen-bond acceptors (Lipinski definition) is 14. The van der Waals surface area contributed by atoms with Crippen LogP contribution >= 0.6 is 0 Å². The van der Waals surface area contributed by atoms with Crippen LogP contribution in [0, 0.1) is 11.8 Å². The number of aliphatic imine (C=N–C) groups is 1. The lowest BCUT2D eigenvalue weighted by molar-refractivity contribution is -0.143. The summed E-state index contributed by atoms with van der Waals surface area (Å²) in [5.41, 5.74) is 23.4. The second-order valence-corrected chi connectivity index (χ2v) is 18.0. The molecule has 1 heterocycles. The molecular weight excluding hydrogens is 941 g/mol. The number of aromatic nitrogens is 2. The summed E-state index contributed by atoms with van der Waals surface area (Å²) in [6, 6.07) is -5.50. The van der Waals surface area contributed by atoms with Crippen LogP contribution in [-0.4, -0.2) is 146 Å². The van der Waals surface area contributed by atoms with Gasteiger partial charge in [0.25, 0.3) is 0 Å². The summed E-state index contributed by atoms with van der Waals surface area (Å²) in [6.07, 6.45) is 2.70. The number of hydrogen-bond donors (Lipinski definition) is 15. The van der Waals surface area contributed by atoms with E-state index in [1.165, 1.54) is 43.7 Å². The predicted molar refractivity (Wildman–Crippen MR) is 263 cm³/mol. The molecule has 0 saturated heterocycles. The third-order valence-electron chi connectivity index (χ3n) is 11.4. The van der Waals surface area contributed by atoms with E-state index in [4.69, 9.17) is 22.9 Å². The molecule has 26 heteroatoms. The number of unbranched alkanes of at least 4 members (excludes halogenated alkanes) is 1. The molecule has 26 nitrogen and oxygen atoms in total. The van der Waals surface area contributed by atoms with Gasteiger partial charge in [0.1, 0.15) is 48.0 Å². The standard InChI is InChI=1S/C46H74N14O12/c1-6-25(4)37(48)44(70)60-32(18-24(2)3)40(66)54-26(5)38(64)57-34(20-28-22-51-23-53-28)42(68)55-30(11-9-17-52-46(49)50)39(65)59-35(21-36(62)63)43(69)58-33(19-27-12-14-29(61)15-13-27)41(67)56-31(45(71)72)10-7-8-16-47/h12-15,22-26,30-35,37,61H,6-11,16-21,47-48H2,1-5H3,(H,51,53)(H,54,66)(H,55,68)(H,56,67)(H,57,64)(H,58,69)(H,59,65)(H,60,70)(H,62,63)(H,71,72)(H4,49,50,52)/t25-,26-,30+,31+,32+,33-,34+,35+,37+/m0/s1. The maximum absolute atomic E-state index is 14.2. The van der Waals surface area contributed by atoms with E-state index in [1.807, 2.05) is 20.8 Å². The van der Waals surface area contributed by atoms with Crippen LogP contribution in [0.5, 0.6) is 5.75 Å². The predicted octanol–water partition coefficient (Wildman–Crippen LogP) is -2.52. The van der Waals surface area contributed by atoms with Gasteiger partial charge in [-0.25, -0.2) is 9.78 Å². The number of phenols is 1. The molecule has 1 aromatic heterocycles. The summed E-state index contributed by atoms with van der Waals surface area (Å²) < 4.78 is 0. The number of carbonyl (C=O) groups excluding carboxylic acids is 7. The molecule has 2 aromatic rings. The zero-order chi connectivity index (χ0) is 54.1. The number of benzene rings is 1. The molecule has 0 aliphatic carbocycles. The number of nitrogens with zero attached hydrogens (tertiary/aromatic N) is 2. The molecule has 9 atom stereocenters. The molecule has 0 aliphatic rings. The van der Waals surface area contributed by atoms with Crippen molar-refractivity contribution >= 4 is 59.2 Å². The van der Waals surface area contributed by atoms with Gasteiger partial charge in [0.2, 0.25) is 41.4 Å². The minimum Gasteiger partial charge on any atom is -0.508 e. The van der Waals surface area contributed by atoms with Crippen LogP contribution < -0.4 is 60.2 Å². The summed E-state index contributed by atoms with van der Waals surface area (Å²) in [6.45, 7) is 8.96. The van der Waals surface area contributed by atoms with Crippen molar-refractivity contribution in [1.29, 1.82) is 0 Å². The number of aromatic hydroxyl groups is 1. The van der Waals surface area contributed by atoms with Crippen molar-refractivity contribution in [3.05, 3.63) is 48.0 Å². The van der Waals surface area contributed by atoms with E-state index < -0.39 is 108 Å². The smallest absolute Gasteiger partial charge is 0.326 e. The fraction of sp³-hybridized carbons (Fsp3) is 0.587. The second kappa shape index (κ2) is 31.1. The summed E-state index contributed by atoms with van der Waals surface area (Å²) in [5.74, 6) is -9.71. The molecule has 0 aliphatic heterocycles. The van der Waals surface area contributed by atoms with Gasteiger partial charge in [0, 0.05) is 31.3 Å². The first-order valence-electron chi connectivity index (χ1n) is 23.8. The number of guanidine groups is 1. The number of nitrogens with one attached hydrogen (secondary N) is 8. The van der Waals surface area contributed by atoms with Gasteiger partial charge in [-0.15, -0.1) is 0 Å². The topological polar surface area (TPSA) is 444 Å². The number of rotatable bonds is 33. The Morgan fingerprint density at radius 1 is 0.667 bits per heavy atom. The van der Waals surface area contributed by atoms with Crippen LogP contribution in [0.25, 0.3) is 0 Å². The van der Waals surface area contributed by atoms with Crippen LogP contribution in [0.1, 0.15) is 97.2 Å². The molecule has 0 bridgehead atoms. The number of aliphatic carboxylic acids is 2. The number of phenolic OH excluding ortho intramolecular Hbond substituents is 1. The summed E-state index contributed by atoms with van der Waals surface area (Å²) >= 11 is 0. The maximum atomic E-state index is 14.2. The van der Waals surface area contributed by atoms with Crippen molar-refractivity contribution in [2.75, 3.05) is 13.1 Å². The quantitative estimate of drug-likeness (QED) is 0.0199. The van der Waals surface area contributed by atoms with Crippen LogP contribution in [-0.2, 0) is 56.0 Å².